The standard InChI is InChI=1S/C11H15N3O3S/c15-18(16)7-5-11(4-1-6-14(11)18)10-12-9(13-17-10)8-2-3-8/h8H,1-7H2. The molecule has 3 heterocycles. The third-order valence-electron chi connectivity index (χ3n) is 4.32. The van der Waals surface area contributed by atoms with Crippen LogP contribution in [0.1, 0.15) is 49.7 Å². The first-order valence-corrected chi connectivity index (χ1v) is 8.07. The van der Waals surface area contributed by atoms with Crippen molar-refractivity contribution in [2.75, 3.05) is 12.3 Å². The van der Waals surface area contributed by atoms with Crippen molar-refractivity contribution in [3.63, 3.8) is 0 Å². The molecule has 1 aromatic rings. The SMILES string of the molecule is O=S1(=O)CCC2(c3nc(C4CC4)no3)CCCN21. The number of hydrogen-bond donors (Lipinski definition) is 0. The van der Waals surface area contributed by atoms with Crippen LogP contribution in [0.3, 0.4) is 0 Å². The van der Waals surface area contributed by atoms with E-state index in [2.05, 4.69) is 10.1 Å². The lowest BCUT2D eigenvalue weighted by atomic mass is 9.94. The van der Waals surface area contributed by atoms with E-state index in [4.69, 9.17) is 4.52 Å². The summed E-state index contributed by atoms with van der Waals surface area (Å²) in [5.74, 6) is 1.92. The molecule has 0 radical (unpaired) electrons. The molecule has 2 aliphatic heterocycles. The van der Waals surface area contributed by atoms with Crippen LogP contribution in [0.25, 0.3) is 0 Å². The van der Waals surface area contributed by atoms with E-state index >= 15 is 0 Å². The summed E-state index contributed by atoms with van der Waals surface area (Å²) >= 11 is 0. The normalized spacial score (nSPS) is 34.9. The molecule has 7 heteroatoms. The molecule has 6 nitrogen and oxygen atoms in total. The predicted octanol–water partition coefficient (Wildman–Crippen LogP) is 0.972. The summed E-state index contributed by atoms with van der Waals surface area (Å²) in [6.07, 6.45) is 4.50. The molecule has 0 N–H and O–H groups in total. The van der Waals surface area contributed by atoms with Crippen LogP contribution in [0.4, 0.5) is 0 Å². The van der Waals surface area contributed by atoms with E-state index in [0.29, 0.717) is 24.8 Å². The Hall–Kier alpha value is -0.950. The highest BCUT2D eigenvalue weighted by molar-refractivity contribution is 7.89. The van der Waals surface area contributed by atoms with E-state index in [1.807, 2.05) is 0 Å². The minimum Gasteiger partial charge on any atom is -0.337 e. The van der Waals surface area contributed by atoms with Crippen LogP contribution in [-0.4, -0.2) is 35.2 Å². The van der Waals surface area contributed by atoms with E-state index in [-0.39, 0.29) is 5.75 Å². The quantitative estimate of drug-likeness (QED) is 0.799. The van der Waals surface area contributed by atoms with Crippen LogP contribution < -0.4 is 0 Å². The highest BCUT2D eigenvalue weighted by Crippen LogP contribution is 2.48. The molecule has 0 bridgehead atoms. The van der Waals surface area contributed by atoms with Crippen LogP contribution in [0.2, 0.25) is 0 Å². The van der Waals surface area contributed by atoms with Crippen LogP contribution in [0.5, 0.6) is 0 Å². The first-order chi connectivity index (χ1) is 8.62. The summed E-state index contributed by atoms with van der Waals surface area (Å²) in [5, 5.41) is 4.02. The Morgan fingerprint density at radius 1 is 1.33 bits per heavy atom. The van der Waals surface area contributed by atoms with Gasteiger partial charge in [-0.3, -0.25) is 0 Å². The molecule has 2 saturated heterocycles. The van der Waals surface area contributed by atoms with Crippen molar-refractivity contribution < 1.29 is 12.9 Å². The van der Waals surface area contributed by atoms with Crippen molar-refractivity contribution in [2.24, 2.45) is 0 Å². The summed E-state index contributed by atoms with van der Waals surface area (Å²) in [7, 11) is -3.12. The van der Waals surface area contributed by atoms with Crippen molar-refractivity contribution in [1.82, 2.24) is 14.4 Å². The fraction of sp³-hybridized carbons (Fsp3) is 0.818. The maximum absolute atomic E-state index is 12.0. The molecule has 18 heavy (non-hydrogen) atoms. The molecule has 3 aliphatic rings. The van der Waals surface area contributed by atoms with E-state index < -0.39 is 15.6 Å². The Balaban J connectivity index is 1.77. The van der Waals surface area contributed by atoms with Crippen LogP contribution in [-0.2, 0) is 15.6 Å². The number of sulfonamides is 1. The molecular formula is C11H15N3O3S. The summed E-state index contributed by atoms with van der Waals surface area (Å²) in [6.45, 7) is 0.587. The summed E-state index contributed by atoms with van der Waals surface area (Å²) in [6, 6.07) is 0. The molecule has 0 amide bonds. The van der Waals surface area contributed by atoms with Gasteiger partial charge in [-0.25, -0.2) is 8.42 Å². The molecule has 4 rings (SSSR count). The predicted molar refractivity (Wildman–Crippen MR) is 62.3 cm³/mol. The van der Waals surface area contributed by atoms with E-state index in [1.165, 1.54) is 0 Å². The summed E-state index contributed by atoms with van der Waals surface area (Å²) in [4.78, 5) is 4.47. The van der Waals surface area contributed by atoms with E-state index in [9.17, 15) is 8.42 Å². The van der Waals surface area contributed by atoms with Gasteiger partial charge >= 0.3 is 0 Å². The van der Waals surface area contributed by atoms with Crippen molar-refractivity contribution >= 4 is 10.0 Å². The van der Waals surface area contributed by atoms with Crippen LogP contribution in [0, 0.1) is 0 Å². The molecule has 0 spiro atoms. The molecular weight excluding hydrogens is 254 g/mol. The van der Waals surface area contributed by atoms with Gasteiger partial charge in [-0.05, 0) is 32.1 Å². The number of rotatable bonds is 2. The molecule has 1 atom stereocenters. The van der Waals surface area contributed by atoms with Crippen LogP contribution in [0.15, 0.2) is 4.52 Å². The molecule has 1 unspecified atom stereocenters. The van der Waals surface area contributed by atoms with Crippen molar-refractivity contribution in [2.45, 2.75) is 43.6 Å². The highest BCUT2D eigenvalue weighted by atomic mass is 32.2. The zero-order valence-corrected chi connectivity index (χ0v) is 10.8. The van der Waals surface area contributed by atoms with Gasteiger partial charge in [-0.1, -0.05) is 5.16 Å². The van der Waals surface area contributed by atoms with E-state index in [0.717, 1.165) is 31.5 Å². The largest absolute Gasteiger partial charge is 0.337 e. The lowest BCUT2D eigenvalue weighted by molar-refractivity contribution is 0.188. The van der Waals surface area contributed by atoms with Gasteiger partial charge in [0.1, 0.15) is 5.54 Å². The number of hydrogen-bond acceptors (Lipinski definition) is 5. The van der Waals surface area contributed by atoms with Gasteiger partial charge in [-0.2, -0.15) is 9.29 Å². The van der Waals surface area contributed by atoms with Crippen LogP contribution >= 0.6 is 0 Å². The van der Waals surface area contributed by atoms with Gasteiger partial charge in [0.05, 0.1) is 5.75 Å². The molecule has 1 aliphatic carbocycles. The first-order valence-electron chi connectivity index (χ1n) is 6.46. The average molecular weight is 269 g/mol. The molecule has 1 aromatic heterocycles. The third kappa shape index (κ3) is 1.34. The van der Waals surface area contributed by atoms with Gasteiger partial charge in [0.15, 0.2) is 5.82 Å². The van der Waals surface area contributed by atoms with Crippen molar-refractivity contribution in [3.05, 3.63) is 11.7 Å². The Bertz CT molecular complexity index is 592. The van der Waals surface area contributed by atoms with Gasteiger partial charge in [0.2, 0.25) is 15.9 Å². The smallest absolute Gasteiger partial charge is 0.248 e. The Morgan fingerprint density at radius 2 is 2.17 bits per heavy atom. The number of fused-ring (bicyclic) bond motifs is 1. The second-order valence-corrected chi connectivity index (χ2v) is 7.52. The zero-order chi connectivity index (χ0) is 12.4. The van der Waals surface area contributed by atoms with Gasteiger partial charge in [-0.15, -0.1) is 0 Å². The van der Waals surface area contributed by atoms with Gasteiger partial charge < -0.3 is 4.52 Å². The third-order valence-corrected chi connectivity index (χ3v) is 6.24. The highest BCUT2D eigenvalue weighted by Gasteiger charge is 2.57. The topological polar surface area (TPSA) is 76.3 Å². The molecule has 1 saturated carbocycles. The maximum Gasteiger partial charge on any atom is 0.248 e. The average Bonchev–Trinajstić information content (AvgIpc) is 2.83. The van der Waals surface area contributed by atoms with Crippen molar-refractivity contribution in [1.29, 1.82) is 0 Å². The Labute approximate surface area is 105 Å². The maximum atomic E-state index is 12.0. The lowest BCUT2D eigenvalue weighted by Gasteiger charge is -2.25. The molecule has 3 fully saturated rings. The van der Waals surface area contributed by atoms with Gasteiger partial charge in [0, 0.05) is 12.5 Å². The fourth-order valence-corrected chi connectivity index (χ4v) is 5.19. The zero-order valence-electron chi connectivity index (χ0n) is 10.0. The molecule has 98 valence electrons. The van der Waals surface area contributed by atoms with Gasteiger partial charge in [0.25, 0.3) is 0 Å². The Morgan fingerprint density at radius 3 is 2.94 bits per heavy atom. The second kappa shape index (κ2) is 3.33. The Kier molecular flexibility index (Phi) is 2.02. The minimum atomic E-state index is -3.12. The lowest BCUT2D eigenvalue weighted by Crippen LogP contribution is -2.38. The van der Waals surface area contributed by atoms with E-state index in [1.54, 1.807) is 4.31 Å². The number of aromatic nitrogens is 2. The minimum absolute atomic E-state index is 0.203. The fourth-order valence-electron chi connectivity index (χ4n) is 3.17. The first kappa shape index (κ1) is 10.9. The second-order valence-electron chi connectivity index (χ2n) is 5.51. The molecule has 0 aromatic carbocycles. The van der Waals surface area contributed by atoms with Crippen molar-refractivity contribution in [3.8, 4) is 0 Å². The monoisotopic (exact) mass is 269 g/mol. The number of nitrogens with zero attached hydrogens (tertiary/aromatic N) is 3. The summed E-state index contributed by atoms with van der Waals surface area (Å²) in [5.41, 5.74) is -0.529. The summed E-state index contributed by atoms with van der Waals surface area (Å²) < 4.78 is 31.0.